The molecule has 0 saturated carbocycles. The van der Waals surface area contributed by atoms with Crippen LogP contribution in [0.1, 0.15) is 12.2 Å². The van der Waals surface area contributed by atoms with Crippen LogP contribution in [0.3, 0.4) is 0 Å². The van der Waals surface area contributed by atoms with E-state index in [1.165, 1.54) is 11.8 Å². The SMILES string of the molecule is N#CC1CN(C(=O)CCl)CCC12SCC(=O)N2Cc1ccc(-c2ccccc2)o1. The predicted octanol–water partition coefficient (Wildman–Crippen LogP) is 3.33. The molecule has 1 aromatic carbocycles. The normalized spacial score (nSPS) is 24.1. The molecular weight excluding hydrogens is 410 g/mol. The lowest BCUT2D eigenvalue weighted by molar-refractivity contribution is -0.136. The first-order chi connectivity index (χ1) is 14.1. The summed E-state index contributed by atoms with van der Waals surface area (Å²) >= 11 is 7.18. The zero-order valence-corrected chi connectivity index (χ0v) is 17.3. The fraction of sp³-hybridized carbons (Fsp3) is 0.381. The molecule has 2 fully saturated rings. The predicted molar refractivity (Wildman–Crippen MR) is 111 cm³/mol. The number of carbonyl (C=O) groups is 2. The maximum absolute atomic E-state index is 12.7. The molecule has 2 aromatic rings. The van der Waals surface area contributed by atoms with Crippen LogP contribution in [0.4, 0.5) is 0 Å². The summed E-state index contributed by atoms with van der Waals surface area (Å²) in [5.74, 6) is 0.974. The van der Waals surface area contributed by atoms with Crippen molar-refractivity contribution in [3.8, 4) is 17.4 Å². The van der Waals surface area contributed by atoms with Crippen LogP contribution in [-0.4, -0.2) is 51.2 Å². The van der Waals surface area contributed by atoms with Crippen molar-refractivity contribution in [2.75, 3.05) is 24.7 Å². The van der Waals surface area contributed by atoms with Gasteiger partial charge in [0.2, 0.25) is 11.8 Å². The summed E-state index contributed by atoms with van der Waals surface area (Å²) in [6.07, 6.45) is 0.538. The van der Waals surface area contributed by atoms with Crippen molar-refractivity contribution >= 4 is 35.2 Å². The number of carbonyl (C=O) groups excluding carboxylic acids is 2. The quantitative estimate of drug-likeness (QED) is 0.696. The molecule has 3 heterocycles. The summed E-state index contributed by atoms with van der Waals surface area (Å²) in [7, 11) is 0. The first-order valence-corrected chi connectivity index (χ1v) is 10.9. The van der Waals surface area contributed by atoms with Crippen molar-refractivity contribution in [1.82, 2.24) is 9.80 Å². The highest BCUT2D eigenvalue weighted by atomic mass is 35.5. The number of thioether (sulfide) groups is 1. The van der Waals surface area contributed by atoms with E-state index in [1.807, 2.05) is 42.5 Å². The number of piperidine rings is 1. The molecular formula is C21H20ClN3O3S. The molecule has 6 nitrogen and oxygen atoms in total. The van der Waals surface area contributed by atoms with E-state index in [-0.39, 0.29) is 24.2 Å². The van der Waals surface area contributed by atoms with Crippen LogP contribution in [0.5, 0.6) is 0 Å². The van der Waals surface area contributed by atoms with Crippen LogP contribution in [0.2, 0.25) is 0 Å². The Morgan fingerprint density at radius 2 is 2.10 bits per heavy atom. The maximum Gasteiger partial charge on any atom is 0.237 e. The van der Waals surface area contributed by atoms with Gasteiger partial charge in [-0.05, 0) is 18.6 Å². The van der Waals surface area contributed by atoms with Gasteiger partial charge in [0.05, 0.1) is 24.3 Å². The third-order valence-corrected chi connectivity index (χ3v) is 7.38. The molecule has 2 unspecified atom stereocenters. The van der Waals surface area contributed by atoms with E-state index in [0.717, 1.165) is 11.3 Å². The molecule has 8 heteroatoms. The highest BCUT2D eigenvalue weighted by Gasteiger charge is 2.54. The van der Waals surface area contributed by atoms with Crippen LogP contribution in [0.25, 0.3) is 11.3 Å². The second kappa shape index (κ2) is 8.13. The average Bonchev–Trinajstić information content (AvgIpc) is 3.35. The molecule has 150 valence electrons. The Balaban J connectivity index is 1.57. The maximum atomic E-state index is 12.7. The Hall–Kier alpha value is -2.43. The van der Waals surface area contributed by atoms with Crippen LogP contribution in [0.15, 0.2) is 46.9 Å². The summed E-state index contributed by atoms with van der Waals surface area (Å²) in [5.41, 5.74) is 0.971. The number of benzene rings is 1. The lowest BCUT2D eigenvalue weighted by atomic mass is 9.90. The molecule has 0 aliphatic carbocycles. The van der Waals surface area contributed by atoms with Gasteiger partial charge in [0.1, 0.15) is 22.3 Å². The molecule has 4 rings (SSSR count). The Morgan fingerprint density at radius 1 is 1.31 bits per heavy atom. The van der Waals surface area contributed by atoms with Gasteiger partial charge in [0.15, 0.2) is 0 Å². The molecule has 1 aromatic heterocycles. The van der Waals surface area contributed by atoms with Gasteiger partial charge >= 0.3 is 0 Å². The highest BCUT2D eigenvalue weighted by Crippen LogP contribution is 2.48. The molecule has 2 atom stereocenters. The number of hydrogen-bond acceptors (Lipinski definition) is 5. The third kappa shape index (κ3) is 3.63. The summed E-state index contributed by atoms with van der Waals surface area (Å²) in [4.78, 5) is 27.4. The van der Waals surface area contributed by atoms with Gasteiger partial charge in [-0.1, -0.05) is 30.3 Å². The van der Waals surface area contributed by atoms with Crippen LogP contribution >= 0.6 is 23.4 Å². The average molecular weight is 430 g/mol. The van der Waals surface area contributed by atoms with Crippen molar-refractivity contribution in [3.63, 3.8) is 0 Å². The lowest BCUT2D eigenvalue weighted by Crippen LogP contribution is -2.58. The summed E-state index contributed by atoms with van der Waals surface area (Å²) < 4.78 is 5.99. The largest absolute Gasteiger partial charge is 0.459 e. The fourth-order valence-corrected chi connectivity index (χ4v) is 5.61. The summed E-state index contributed by atoms with van der Waals surface area (Å²) in [6, 6.07) is 15.9. The molecule has 2 saturated heterocycles. The van der Waals surface area contributed by atoms with Gasteiger partial charge in [-0.2, -0.15) is 5.26 Å². The Kier molecular flexibility index (Phi) is 5.57. The van der Waals surface area contributed by atoms with Gasteiger partial charge in [-0.15, -0.1) is 23.4 Å². The van der Waals surface area contributed by atoms with Crippen molar-refractivity contribution in [1.29, 1.82) is 5.26 Å². The number of halogens is 1. The van der Waals surface area contributed by atoms with Gasteiger partial charge in [0, 0.05) is 18.7 Å². The zero-order valence-electron chi connectivity index (χ0n) is 15.7. The van der Waals surface area contributed by atoms with E-state index in [9.17, 15) is 14.9 Å². The minimum absolute atomic E-state index is 0.00923. The highest BCUT2D eigenvalue weighted by molar-refractivity contribution is 8.01. The topological polar surface area (TPSA) is 77.5 Å². The van der Waals surface area contributed by atoms with E-state index in [2.05, 4.69) is 6.07 Å². The third-order valence-electron chi connectivity index (χ3n) is 5.55. The number of nitrogens with zero attached hydrogens (tertiary/aromatic N) is 3. The number of hydrogen-bond donors (Lipinski definition) is 0. The molecule has 2 amide bonds. The second-order valence-corrected chi connectivity index (χ2v) is 8.70. The number of nitriles is 1. The molecule has 1 spiro atoms. The zero-order chi connectivity index (χ0) is 20.4. The van der Waals surface area contributed by atoms with E-state index >= 15 is 0 Å². The second-order valence-electron chi connectivity index (χ2n) is 7.15. The Morgan fingerprint density at radius 3 is 2.83 bits per heavy atom. The molecule has 2 aliphatic heterocycles. The van der Waals surface area contributed by atoms with Gasteiger partial charge in [-0.25, -0.2) is 0 Å². The van der Waals surface area contributed by atoms with Crippen LogP contribution in [0, 0.1) is 17.2 Å². The molecule has 2 aliphatic rings. The summed E-state index contributed by atoms with van der Waals surface area (Å²) in [6.45, 7) is 1.07. The van der Waals surface area contributed by atoms with Crippen molar-refractivity contribution in [3.05, 3.63) is 48.2 Å². The Labute approximate surface area is 178 Å². The van der Waals surface area contributed by atoms with Crippen molar-refractivity contribution in [2.45, 2.75) is 17.8 Å². The van der Waals surface area contributed by atoms with Crippen LogP contribution < -0.4 is 0 Å². The van der Waals surface area contributed by atoms with E-state index in [4.69, 9.17) is 16.0 Å². The minimum Gasteiger partial charge on any atom is -0.459 e. The molecule has 0 N–H and O–H groups in total. The number of likely N-dealkylation sites (tertiary alicyclic amines) is 1. The molecule has 29 heavy (non-hydrogen) atoms. The van der Waals surface area contributed by atoms with Crippen molar-refractivity contribution < 1.29 is 14.0 Å². The first-order valence-electron chi connectivity index (χ1n) is 9.39. The number of furan rings is 1. The van der Waals surface area contributed by atoms with Crippen molar-refractivity contribution in [2.24, 2.45) is 5.92 Å². The molecule has 0 bridgehead atoms. The van der Waals surface area contributed by atoms with E-state index < -0.39 is 10.8 Å². The minimum atomic E-state index is -0.644. The number of alkyl halides is 1. The number of amides is 2. The lowest BCUT2D eigenvalue weighted by Gasteiger charge is -2.46. The Bertz CT molecular complexity index is 958. The fourth-order valence-electron chi connectivity index (χ4n) is 4.02. The van der Waals surface area contributed by atoms with Crippen LogP contribution in [-0.2, 0) is 16.1 Å². The first kappa shape index (κ1) is 19.9. The van der Waals surface area contributed by atoms with Gasteiger partial charge < -0.3 is 14.2 Å². The van der Waals surface area contributed by atoms with Gasteiger partial charge in [-0.3, -0.25) is 9.59 Å². The summed E-state index contributed by atoms with van der Waals surface area (Å²) in [5, 5.41) is 9.82. The monoisotopic (exact) mass is 429 g/mol. The van der Waals surface area contributed by atoms with E-state index in [0.29, 0.717) is 31.0 Å². The molecule has 0 radical (unpaired) electrons. The standard InChI is InChI=1S/C21H20ClN3O3S/c22-10-19(26)24-9-8-21(16(11-23)12-24)25(20(27)14-29-21)13-17-6-7-18(28-17)15-4-2-1-3-5-15/h1-7,16H,8-10,12-14H2. The number of rotatable bonds is 4. The van der Waals surface area contributed by atoms with Gasteiger partial charge in [0.25, 0.3) is 0 Å². The smallest absolute Gasteiger partial charge is 0.237 e. The van der Waals surface area contributed by atoms with E-state index in [1.54, 1.807) is 9.80 Å².